The lowest BCUT2D eigenvalue weighted by molar-refractivity contribution is 0.0951. The number of nitriles is 1. The minimum absolute atomic E-state index is 0.216. The Morgan fingerprint density at radius 3 is 2.77 bits per heavy atom. The van der Waals surface area contributed by atoms with Crippen LogP contribution < -0.4 is 0 Å². The molecule has 0 amide bonds. The zero-order valence-electron chi connectivity index (χ0n) is 7.90. The number of ketones is 1. The minimum atomic E-state index is -0.616. The number of carbonyl (C=O) groups excluding carboxylic acids is 1. The first-order valence-corrected chi connectivity index (χ1v) is 4.00. The molecule has 0 N–H and O–H groups in total. The third-order valence-electron chi connectivity index (χ3n) is 1.95. The Labute approximate surface area is 76.8 Å². The molecule has 1 atom stereocenters. The summed E-state index contributed by atoms with van der Waals surface area (Å²) in [6.45, 7) is 3.44. The van der Waals surface area contributed by atoms with Crippen LogP contribution in [0.2, 0.25) is 0 Å². The summed E-state index contributed by atoms with van der Waals surface area (Å²) in [5.74, 6) is -0.833. The van der Waals surface area contributed by atoms with E-state index in [1.165, 1.54) is 0 Å². The van der Waals surface area contributed by atoms with Gasteiger partial charge in [-0.1, -0.05) is 0 Å². The third-order valence-corrected chi connectivity index (χ3v) is 1.95. The van der Waals surface area contributed by atoms with E-state index in [9.17, 15) is 4.79 Å². The van der Waals surface area contributed by atoms with E-state index in [1.54, 1.807) is 24.7 Å². The third kappa shape index (κ3) is 1.75. The van der Waals surface area contributed by atoms with Crippen molar-refractivity contribution in [1.29, 1.82) is 5.26 Å². The van der Waals surface area contributed by atoms with Gasteiger partial charge in [-0.3, -0.25) is 9.48 Å². The van der Waals surface area contributed by atoms with Crippen molar-refractivity contribution in [2.24, 2.45) is 13.0 Å². The van der Waals surface area contributed by atoms with Gasteiger partial charge in [-0.15, -0.1) is 0 Å². The second-order valence-electron chi connectivity index (χ2n) is 3.01. The highest BCUT2D eigenvalue weighted by Crippen LogP contribution is 2.07. The van der Waals surface area contributed by atoms with E-state index in [0.717, 1.165) is 5.69 Å². The predicted octanol–water partition coefficient (Wildman–Crippen LogP) is 1.07. The van der Waals surface area contributed by atoms with E-state index < -0.39 is 5.92 Å². The normalized spacial score (nSPS) is 12.2. The Bertz CT molecular complexity index is 353. The highest BCUT2D eigenvalue weighted by molar-refractivity contribution is 5.97. The summed E-state index contributed by atoms with van der Waals surface area (Å²) in [4.78, 5) is 11.4. The molecular formula is C9H11N3O. The molecule has 0 saturated carbocycles. The summed E-state index contributed by atoms with van der Waals surface area (Å²) < 4.78 is 1.62. The number of rotatable bonds is 2. The summed E-state index contributed by atoms with van der Waals surface area (Å²) in [5.41, 5.74) is 1.28. The van der Waals surface area contributed by atoms with Crippen molar-refractivity contribution in [3.8, 4) is 6.07 Å². The van der Waals surface area contributed by atoms with Gasteiger partial charge in [0.15, 0.2) is 5.78 Å². The molecule has 1 aromatic rings. The van der Waals surface area contributed by atoms with Crippen LogP contribution in [0.5, 0.6) is 0 Å². The fourth-order valence-corrected chi connectivity index (χ4v) is 0.961. The van der Waals surface area contributed by atoms with Crippen LogP contribution in [-0.2, 0) is 7.05 Å². The molecule has 4 heteroatoms. The number of aromatic nitrogens is 2. The van der Waals surface area contributed by atoms with Gasteiger partial charge in [-0.25, -0.2) is 0 Å². The second kappa shape index (κ2) is 3.40. The molecule has 0 bridgehead atoms. The van der Waals surface area contributed by atoms with Gasteiger partial charge in [0.1, 0.15) is 11.6 Å². The molecule has 0 aliphatic heterocycles. The van der Waals surface area contributed by atoms with Crippen LogP contribution in [-0.4, -0.2) is 15.6 Å². The number of Topliss-reactive ketones (excluding diaryl/α,β-unsaturated/α-hetero) is 1. The van der Waals surface area contributed by atoms with Gasteiger partial charge in [-0.05, 0) is 19.9 Å². The summed E-state index contributed by atoms with van der Waals surface area (Å²) in [7, 11) is 1.77. The van der Waals surface area contributed by atoms with Crippen LogP contribution in [0.3, 0.4) is 0 Å². The molecule has 13 heavy (non-hydrogen) atoms. The van der Waals surface area contributed by atoms with E-state index in [0.29, 0.717) is 5.69 Å². The van der Waals surface area contributed by atoms with Crippen molar-refractivity contribution < 1.29 is 4.79 Å². The minimum Gasteiger partial charge on any atom is -0.291 e. The quantitative estimate of drug-likeness (QED) is 0.635. The van der Waals surface area contributed by atoms with Crippen LogP contribution in [0.4, 0.5) is 0 Å². The number of nitrogens with zero attached hydrogens (tertiary/aromatic N) is 3. The van der Waals surface area contributed by atoms with Crippen LogP contribution in [0, 0.1) is 24.2 Å². The molecule has 0 saturated heterocycles. The lowest BCUT2D eigenvalue weighted by Gasteiger charge is -1.95. The first kappa shape index (κ1) is 9.46. The van der Waals surface area contributed by atoms with Gasteiger partial charge < -0.3 is 0 Å². The monoisotopic (exact) mass is 177 g/mol. The average Bonchev–Trinajstić information content (AvgIpc) is 2.44. The van der Waals surface area contributed by atoms with Gasteiger partial charge in [0, 0.05) is 12.7 Å². The van der Waals surface area contributed by atoms with Crippen molar-refractivity contribution >= 4 is 5.78 Å². The van der Waals surface area contributed by atoms with Crippen molar-refractivity contribution in [1.82, 2.24) is 9.78 Å². The lowest BCUT2D eigenvalue weighted by atomic mass is 10.1. The van der Waals surface area contributed by atoms with Crippen LogP contribution in [0.1, 0.15) is 23.1 Å². The first-order chi connectivity index (χ1) is 6.06. The second-order valence-corrected chi connectivity index (χ2v) is 3.01. The zero-order valence-corrected chi connectivity index (χ0v) is 7.90. The molecule has 0 spiro atoms. The largest absolute Gasteiger partial charge is 0.291 e. The van der Waals surface area contributed by atoms with Gasteiger partial charge in [-0.2, -0.15) is 10.4 Å². The number of hydrogen-bond donors (Lipinski definition) is 0. The van der Waals surface area contributed by atoms with Gasteiger partial charge in [0.2, 0.25) is 0 Å². The van der Waals surface area contributed by atoms with E-state index >= 15 is 0 Å². The Kier molecular flexibility index (Phi) is 2.47. The standard InChI is InChI=1S/C9H11N3O/c1-6(5-10)9(13)8-4-7(2)12(3)11-8/h4,6H,1-3H3. The van der Waals surface area contributed by atoms with Gasteiger partial charge in [0.05, 0.1) is 6.07 Å². The van der Waals surface area contributed by atoms with E-state index in [4.69, 9.17) is 5.26 Å². The molecule has 1 unspecified atom stereocenters. The number of hydrogen-bond acceptors (Lipinski definition) is 3. The first-order valence-electron chi connectivity index (χ1n) is 4.00. The highest BCUT2D eigenvalue weighted by Gasteiger charge is 2.17. The lowest BCUT2D eigenvalue weighted by Crippen LogP contribution is -2.10. The SMILES string of the molecule is Cc1cc(C(=O)C(C)C#N)nn1C. The molecule has 68 valence electrons. The molecule has 0 radical (unpaired) electrons. The molecule has 0 fully saturated rings. The summed E-state index contributed by atoms with van der Waals surface area (Å²) in [6, 6.07) is 3.58. The molecule has 1 aromatic heterocycles. The smallest absolute Gasteiger partial charge is 0.199 e. The van der Waals surface area contributed by atoms with Gasteiger partial charge in [0.25, 0.3) is 0 Å². The Balaban J connectivity index is 2.97. The van der Waals surface area contributed by atoms with Gasteiger partial charge >= 0.3 is 0 Å². The molecule has 1 heterocycles. The van der Waals surface area contributed by atoms with E-state index in [1.807, 2.05) is 13.0 Å². The number of aryl methyl sites for hydroxylation is 2. The fraction of sp³-hybridized carbons (Fsp3) is 0.444. The van der Waals surface area contributed by atoms with E-state index in [-0.39, 0.29) is 5.78 Å². The number of carbonyl (C=O) groups is 1. The fourth-order valence-electron chi connectivity index (χ4n) is 0.961. The average molecular weight is 177 g/mol. The van der Waals surface area contributed by atoms with Crippen molar-refractivity contribution in [3.63, 3.8) is 0 Å². The topological polar surface area (TPSA) is 58.7 Å². The molecule has 4 nitrogen and oxygen atoms in total. The van der Waals surface area contributed by atoms with Crippen LogP contribution in [0.25, 0.3) is 0 Å². The van der Waals surface area contributed by atoms with E-state index in [2.05, 4.69) is 5.10 Å². The van der Waals surface area contributed by atoms with Crippen molar-refractivity contribution in [2.45, 2.75) is 13.8 Å². The molecular weight excluding hydrogens is 166 g/mol. The summed E-state index contributed by atoms with van der Waals surface area (Å²) >= 11 is 0. The summed E-state index contributed by atoms with van der Waals surface area (Å²) in [6.07, 6.45) is 0. The maximum absolute atomic E-state index is 11.4. The molecule has 0 aromatic carbocycles. The Hall–Kier alpha value is -1.63. The summed E-state index contributed by atoms with van der Waals surface area (Å²) in [5, 5.41) is 12.5. The molecule has 1 rings (SSSR count). The Morgan fingerprint density at radius 2 is 2.38 bits per heavy atom. The maximum Gasteiger partial charge on any atom is 0.199 e. The van der Waals surface area contributed by atoms with Crippen molar-refractivity contribution in [2.75, 3.05) is 0 Å². The molecule has 0 aliphatic rings. The highest BCUT2D eigenvalue weighted by atomic mass is 16.1. The zero-order chi connectivity index (χ0) is 10.0. The van der Waals surface area contributed by atoms with Crippen molar-refractivity contribution in [3.05, 3.63) is 17.5 Å². The van der Waals surface area contributed by atoms with Crippen LogP contribution >= 0.6 is 0 Å². The Morgan fingerprint density at radius 1 is 1.77 bits per heavy atom. The molecule has 0 aliphatic carbocycles. The predicted molar refractivity (Wildman–Crippen MR) is 47.1 cm³/mol. The van der Waals surface area contributed by atoms with Crippen LogP contribution in [0.15, 0.2) is 6.07 Å². The maximum atomic E-state index is 11.4.